The number of hydrogen-bond acceptors (Lipinski definition) is 9. The third-order valence-electron chi connectivity index (χ3n) is 6.73. The molecule has 1 aliphatic rings. The van der Waals surface area contributed by atoms with Crippen LogP contribution in [-0.2, 0) is 6.61 Å². The average molecular weight is 564 g/mol. The first-order valence-electron chi connectivity index (χ1n) is 12.8. The number of rotatable bonds is 8. The SMILES string of the molecule is COc1cc(C2C(C#N)=C(N)Oc3cc(OC(=O)c4cccc([N+](=O)[O-])c4)ccc32)ccc1OCc1ccc(C)cc1. The van der Waals surface area contributed by atoms with Crippen molar-refractivity contribution >= 4 is 11.7 Å². The molecule has 0 aliphatic carbocycles. The summed E-state index contributed by atoms with van der Waals surface area (Å²) >= 11 is 0. The highest BCUT2D eigenvalue weighted by Gasteiger charge is 2.32. The highest BCUT2D eigenvalue weighted by molar-refractivity contribution is 5.91. The van der Waals surface area contributed by atoms with E-state index in [9.17, 15) is 20.2 Å². The van der Waals surface area contributed by atoms with E-state index in [0.717, 1.165) is 17.2 Å². The zero-order chi connectivity index (χ0) is 29.8. The molecule has 5 rings (SSSR count). The fourth-order valence-corrected chi connectivity index (χ4v) is 4.58. The maximum absolute atomic E-state index is 12.7. The van der Waals surface area contributed by atoms with E-state index in [4.69, 9.17) is 24.7 Å². The van der Waals surface area contributed by atoms with Gasteiger partial charge < -0.3 is 24.7 Å². The Morgan fingerprint density at radius 2 is 1.83 bits per heavy atom. The Hall–Kier alpha value is -5.82. The van der Waals surface area contributed by atoms with Crippen molar-refractivity contribution in [1.29, 1.82) is 5.26 Å². The van der Waals surface area contributed by atoms with Crippen molar-refractivity contribution in [3.63, 3.8) is 0 Å². The van der Waals surface area contributed by atoms with Crippen LogP contribution in [0.15, 0.2) is 96.4 Å². The summed E-state index contributed by atoms with van der Waals surface area (Å²) < 4.78 is 22.8. The van der Waals surface area contributed by atoms with Crippen LogP contribution < -0.4 is 24.7 Å². The molecule has 0 saturated carbocycles. The number of aryl methyl sites for hydroxylation is 1. The molecule has 1 unspecified atom stereocenters. The van der Waals surface area contributed by atoms with Crippen LogP contribution in [0, 0.1) is 28.4 Å². The van der Waals surface area contributed by atoms with Gasteiger partial charge in [-0.15, -0.1) is 0 Å². The molecule has 4 aromatic rings. The van der Waals surface area contributed by atoms with Gasteiger partial charge in [-0.1, -0.05) is 48.0 Å². The Balaban J connectivity index is 1.42. The second-order valence-electron chi connectivity index (χ2n) is 9.51. The van der Waals surface area contributed by atoms with Crippen LogP contribution in [0.25, 0.3) is 0 Å². The molecular weight excluding hydrogens is 538 g/mol. The molecule has 10 heteroatoms. The number of methoxy groups -OCH3 is 1. The molecule has 42 heavy (non-hydrogen) atoms. The van der Waals surface area contributed by atoms with Crippen molar-refractivity contribution in [2.75, 3.05) is 7.11 Å². The van der Waals surface area contributed by atoms with Gasteiger partial charge in [0.05, 0.1) is 23.5 Å². The molecule has 0 amide bonds. The number of fused-ring (bicyclic) bond motifs is 1. The second kappa shape index (κ2) is 11.7. The predicted octanol–water partition coefficient (Wildman–Crippen LogP) is 5.93. The monoisotopic (exact) mass is 563 g/mol. The van der Waals surface area contributed by atoms with Gasteiger partial charge in [0.2, 0.25) is 5.88 Å². The van der Waals surface area contributed by atoms with Crippen LogP contribution >= 0.6 is 0 Å². The van der Waals surface area contributed by atoms with E-state index in [1.165, 1.54) is 31.4 Å². The number of carbonyl (C=O) groups is 1. The van der Waals surface area contributed by atoms with Crippen LogP contribution in [0.3, 0.4) is 0 Å². The summed E-state index contributed by atoms with van der Waals surface area (Å²) in [6.45, 7) is 2.37. The summed E-state index contributed by atoms with van der Waals surface area (Å²) in [7, 11) is 1.53. The Labute approximate surface area is 241 Å². The minimum Gasteiger partial charge on any atom is -0.493 e. The maximum Gasteiger partial charge on any atom is 0.343 e. The number of nitro benzene ring substituents is 1. The fraction of sp³-hybridized carbons (Fsp3) is 0.125. The van der Waals surface area contributed by atoms with Crippen LogP contribution in [0.5, 0.6) is 23.0 Å². The van der Waals surface area contributed by atoms with Gasteiger partial charge in [0.1, 0.15) is 29.7 Å². The number of hydrogen-bond donors (Lipinski definition) is 1. The topological polar surface area (TPSA) is 147 Å². The standard InChI is InChI=1S/C32H25N3O7/c1-19-6-8-20(9-7-19)18-40-27-13-10-21(15-29(27)39-2)30-25-12-11-24(16-28(25)42-31(34)26(30)17-33)41-32(36)22-4-3-5-23(14-22)35(37)38/h3-16,30H,18,34H2,1-2H3. The van der Waals surface area contributed by atoms with E-state index in [1.54, 1.807) is 24.3 Å². The first kappa shape index (κ1) is 27.7. The molecule has 10 nitrogen and oxygen atoms in total. The number of esters is 1. The second-order valence-corrected chi connectivity index (χ2v) is 9.51. The van der Waals surface area contributed by atoms with E-state index >= 15 is 0 Å². The van der Waals surface area contributed by atoms with E-state index < -0.39 is 16.8 Å². The molecule has 1 aliphatic heterocycles. The molecule has 0 radical (unpaired) electrons. The number of nitro groups is 1. The molecule has 0 fully saturated rings. The van der Waals surface area contributed by atoms with Crippen LogP contribution in [0.4, 0.5) is 5.69 Å². The molecule has 0 spiro atoms. The van der Waals surface area contributed by atoms with Gasteiger partial charge in [-0.25, -0.2) is 4.79 Å². The highest BCUT2D eigenvalue weighted by atomic mass is 16.6. The Morgan fingerprint density at radius 1 is 1.05 bits per heavy atom. The quantitative estimate of drug-likeness (QED) is 0.119. The molecule has 0 saturated heterocycles. The van der Waals surface area contributed by atoms with Crippen molar-refractivity contribution in [3.8, 4) is 29.1 Å². The molecule has 1 heterocycles. The molecule has 210 valence electrons. The molecule has 4 aromatic carbocycles. The lowest BCUT2D eigenvalue weighted by Gasteiger charge is -2.27. The Kier molecular flexibility index (Phi) is 7.75. The van der Waals surface area contributed by atoms with E-state index in [2.05, 4.69) is 6.07 Å². The Bertz CT molecular complexity index is 1760. The van der Waals surface area contributed by atoms with Gasteiger partial charge in [0, 0.05) is 23.8 Å². The minimum absolute atomic E-state index is 0.0173. The van der Waals surface area contributed by atoms with E-state index in [0.29, 0.717) is 35.0 Å². The predicted molar refractivity (Wildman–Crippen MR) is 152 cm³/mol. The first-order chi connectivity index (χ1) is 20.3. The van der Waals surface area contributed by atoms with Gasteiger partial charge in [-0.05, 0) is 42.3 Å². The van der Waals surface area contributed by atoms with Gasteiger partial charge >= 0.3 is 5.97 Å². The highest BCUT2D eigenvalue weighted by Crippen LogP contribution is 2.45. The largest absolute Gasteiger partial charge is 0.493 e. The third kappa shape index (κ3) is 5.71. The number of nitrogens with two attached hydrogens (primary N) is 1. The fourth-order valence-electron chi connectivity index (χ4n) is 4.58. The first-order valence-corrected chi connectivity index (χ1v) is 12.8. The number of nitriles is 1. The van der Waals surface area contributed by atoms with Crippen molar-refractivity contribution < 1.29 is 28.7 Å². The summed E-state index contributed by atoms with van der Waals surface area (Å²) in [6.07, 6.45) is 0. The van der Waals surface area contributed by atoms with Gasteiger partial charge in [0.25, 0.3) is 5.69 Å². The number of nitrogens with zero attached hydrogens (tertiary/aromatic N) is 2. The molecule has 1 atom stereocenters. The summed E-state index contributed by atoms with van der Waals surface area (Å²) in [5.74, 6) is -0.0255. The maximum atomic E-state index is 12.7. The van der Waals surface area contributed by atoms with E-state index in [-0.39, 0.29) is 28.5 Å². The number of benzene rings is 4. The molecule has 0 bridgehead atoms. The number of carbonyl (C=O) groups excluding carboxylic acids is 1. The molecular formula is C32H25N3O7. The summed E-state index contributed by atoms with van der Waals surface area (Å²) in [4.78, 5) is 23.2. The normalized spacial score (nSPS) is 13.8. The van der Waals surface area contributed by atoms with E-state index in [1.807, 2.05) is 37.3 Å². The van der Waals surface area contributed by atoms with Crippen LogP contribution in [-0.4, -0.2) is 18.0 Å². The zero-order valence-electron chi connectivity index (χ0n) is 22.7. The molecule has 2 N–H and O–H groups in total. The average Bonchev–Trinajstić information content (AvgIpc) is 3.00. The lowest BCUT2D eigenvalue weighted by Crippen LogP contribution is -2.21. The Morgan fingerprint density at radius 3 is 2.55 bits per heavy atom. The molecule has 0 aromatic heterocycles. The third-order valence-corrected chi connectivity index (χ3v) is 6.73. The van der Waals surface area contributed by atoms with Crippen molar-refractivity contribution in [3.05, 3.63) is 134 Å². The van der Waals surface area contributed by atoms with Crippen molar-refractivity contribution in [1.82, 2.24) is 0 Å². The lowest BCUT2D eigenvalue weighted by molar-refractivity contribution is -0.384. The smallest absolute Gasteiger partial charge is 0.343 e. The minimum atomic E-state index is -0.779. The number of ether oxygens (including phenoxy) is 4. The van der Waals surface area contributed by atoms with Gasteiger partial charge in [-0.2, -0.15) is 5.26 Å². The summed E-state index contributed by atoms with van der Waals surface area (Å²) in [5, 5.41) is 21.0. The number of allylic oxidation sites excluding steroid dienone is 1. The summed E-state index contributed by atoms with van der Waals surface area (Å²) in [5.41, 5.74) is 9.64. The lowest BCUT2D eigenvalue weighted by atomic mass is 9.83. The van der Waals surface area contributed by atoms with Crippen LogP contribution in [0.1, 0.15) is 38.5 Å². The van der Waals surface area contributed by atoms with Gasteiger partial charge in [0.15, 0.2) is 11.5 Å². The van der Waals surface area contributed by atoms with Crippen LogP contribution in [0.2, 0.25) is 0 Å². The van der Waals surface area contributed by atoms with Crippen molar-refractivity contribution in [2.24, 2.45) is 5.73 Å². The summed E-state index contributed by atoms with van der Waals surface area (Å²) in [6, 6.07) is 25.5. The van der Waals surface area contributed by atoms with Gasteiger partial charge in [-0.3, -0.25) is 10.1 Å². The zero-order valence-corrected chi connectivity index (χ0v) is 22.7. The number of non-ortho nitro benzene ring substituents is 1. The van der Waals surface area contributed by atoms with Crippen molar-refractivity contribution in [2.45, 2.75) is 19.4 Å².